The second kappa shape index (κ2) is 11.8. The Balaban J connectivity index is 1.37. The maximum absolute atomic E-state index is 12.5. The molecule has 0 spiro atoms. The number of hydrogen-bond acceptors (Lipinski definition) is 6. The number of aryl methyl sites for hydroxylation is 1. The van der Waals surface area contributed by atoms with Crippen molar-refractivity contribution >= 4 is 23.5 Å². The van der Waals surface area contributed by atoms with Crippen LogP contribution >= 0.6 is 11.8 Å². The summed E-state index contributed by atoms with van der Waals surface area (Å²) in [6.07, 6.45) is -0.170. The van der Waals surface area contributed by atoms with Crippen LogP contribution in [0, 0.1) is 6.92 Å². The fourth-order valence-corrected chi connectivity index (χ4v) is 4.05. The first-order valence-corrected chi connectivity index (χ1v) is 11.6. The van der Waals surface area contributed by atoms with Crippen molar-refractivity contribution in [2.75, 3.05) is 44.4 Å². The van der Waals surface area contributed by atoms with E-state index < -0.39 is 0 Å². The highest BCUT2D eigenvalue weighted by Gasteiger charge is 2.24. The van der Waals surface area contributed by atoms with E-state index in [4.69, 9.17) is 14.2 Å². The first-order valence-electron chi connectivity index (χ1n) is 10.4. The molecule has 1 fully saturated rings. The van der Waals surface area contributed by atoms with Gasteiger partial charge in [0.1, 0.15) is 24.2 Å². The molecule has 31 heavy (non-hydrogen) atoms. The molecular weight excluding hydrogens is 414 g/mol. The van der Waals surface area contributed by atoms with E-state index >= 15 is 0 Å². The lowest BCUT2D eigenvalue weighted by Gasteiger charge is -2.32. The van der Waals surface area contributed by atoms with E-state index in [2.05, 4.69) is 0 Å². The van der Waals surface area contributed by atoms with Crippen molar-refractivity contribution in [1.82, 2.24) is 4.90 Å². The highest BCUT2D eigenvalue weighted by molar-refractivity contribution is 7.99. The van der Waals surface area contributed by atoms with Gasteiger partial charge in [-0.3, -0.25) is 9.59 Å². The predicted octanol–water partition coefficient (Wildman–Crippen LogP) is 3.62. The quantitative estimate of drug-likeness (QED) is 0.413. The largest absolute Gasteiger partial charge is 0.493 e. The molecule has 1 saturated heterocycles. The van der Waals surface area contributed by atoms with E-state index in [1.807, 2.05) is 48.2 Å². The van der Waals surface area contributed by atoms with Crippen LogP contribution in [0.1, 0.15) is 22.8 Å². The molecule has 1 amide bonds. The minimum atomic E-state index is -0.170. The molecule has 1 aliphatic heterocycles. The molecule has 0 bridgehead atoms. The Morgan fingerprint density at radius 2 is 1.94 bits per heavy atom. The minimum absolute atomic E-state index is 0.0401. The number of nitrogens with zero attached hydrogens (tertiary/aromatic N) is 1. The van der Waals surface area contributed by atoms with Crippen LogP contribution in [0.2, 0.25) is 0 Å². The predicted molar refractivity (Wildman–Crippen MR) is 122 cm³/mol. The Kier molecular flexibility index (Phi) is 8.79. The smallest absolute Gasteiger partial charge is 0.232 e. The lowest BCUT2D eigenvalue weighted by atomic mass is 10.1. The molecule has 0 aliphatic carbocycles. The van der Waals surface area contributed by atoms with E-state index in [0.29, 0.717) is 50.0 Å². The van der Waals surface area contributed by atoms with Gasteiger partial charge in [-0.25, -0.2) is 0 Å². The summed E-state index contributed by atoms with van der Waals surface area (Å²) in [6, 6.07) is 15.1. The van der Waals surface area contributed by atoms with E-state index in [1.165, 1.54) is 0 Å². The summed E-state index contributed by atoms with van der Waals surface area (Å²) in [5.41, 5.74) is 1.59. The number of para-hydroxylation sites is 1. The molecular formula is C24H29NO5S. The molecule has 2 aromatic rings. The summed E-state index contributed by atoms with van der Waals surface area (Å²) < 4.78 is 17.3. The van der Waals surface area contributed by atoms with Crippen molar-refractivity contribution in [2.45, 2.75) is 20.0 Å². The van der Waals surface area contributed by atoms with Crippen molar-refractivity contribution < 1.29 is 23.8 Å². The number of benzene rings is 2. The van der Waals surface area contributed by atoms with Gasteiger partial charge < -0.3 is 19.1 Å². The molecule has 1 atom stereocenters. The third-order valence-corrected chi connectivity index (χ3v) is 5.88. The molecule has 0 N–H and O–H groups in total. The van der Waals surface area contributed by atoms with Crippen LogP contribution in [0.5, 0.6) is 11.5 Å². The minimum Gasteiger partial charge on any atom is -0.493 e. The molecule has 7 heteroatoms. The van der Waals surface area contributed by atoms with Crippen LogP contribution < -0.4 is 9.47 Å². The molecule has 6 nitrogen and oxygen atoms in total. The lowest BCUT2D eigenvalue weighted by Crippen LogP contribution is -2.48. The van der Waals surface area contributed by atoms with E-state index in [0.717, 1.165) is 17.1 Å². The van der Waals surface area contributed by atoms with Crippen molar-refractivity contribution in [3.63, 3.8) is 0 Å². The van der Waals surface area contributed by atoms with Gasteiger partial charge in [-0.05, 0) is 49.7 Å². The van der Waals surface area contributed by atoms with E-state index in [-0.39, 0.29) is 17.8 Å². The molecule has 0 aromatic heterocycles. The van der Waals surface area contributed by atoms with Gasteiger partial charge in [0.25, 0.3) is 0 Å². The third-order valence-electron chi connectivity index (χ3n) is 4.97. The highest BCUT2D eigenvalue weighted by Crippen LogP contribution is 2.19. The van der Waals surface area contributed by atoms with Gasteiger partial charge in [0, 0.05) is 17.9 Å². The fourth-order valence-electron chi connectivity index (χ4n) is 3.34. The molecule has 2 aromatic carbocycles. The normalized spacial score (nSPS) is 16.1. The van der Waals surface area contributed by atoms with Gasteiger partial charge >= 0.3 is 0 Å². The van der Waals surface area contributed by atoms with Crippen LogP contribution in [-0.4, -0.2) is 67.1 Å². The van der Waals surface area contributed by atoms with E-state index in [1.54, 1.807) is 30.8 Å². The molecule has 166 valence electrons. The average Bonchev–Trinajstić information content (AvgIpc) is 2.78. The Hall–Kier alpha value is -2.51. The monoisotopic (exact) mass is 443 g/mol. The van der Waals surface area contributed by atoms with Gasteiger partial charge in [-0.1, -0.05) is 18.2 Å². The van der Waals surface area contributed by atoms with Crippen molar-refractivity contribution in [1.29, 1.82) is 0 Å². The Morgan fingerprint density at radius 1 is 1.13 bits per heavy atom. The van der Waals surface area contributed by atoms with Gasteiger partial charge in [0.15, 0.2) is 5.78 Å². The summed E-state index contributed by atoms with van der Waals surface area (Å²) in [7, 11) is 0. The van der Waals surface area contributed by atoms with Crippen molar-refractivity contribution in [3.05, 3.63) is 59.7 Å². The molecule has 3 rings (SSSR count). The number of thioether (sulfide) groups is 1. The second-order valence-corrected chi connectivity index (χ2v) is 8.50. The number of ketones is 1. The molecule has 1 heterocycles. The van der Waals surface area contributed by atoms with Crippen LogP contribution in [0.4, 0.5) is 0 Å². The number of morpholine rings is 1. The first kappa shape index (κ1) is 23.2. The highest BCUT2D eigenvalue weighted by atomic mass is 32.2. The Morgan fingerprint density at radius 3 is 2.68 bits per heavy atom. The van der Waals surface area contributed by atoms with Gasteiger partial charge in [-0.15, -0.1) is 11.8 Å². The summed E-state index contributed by atoms with van der Waals surface area (Å²) in [5.74, 6) is 2.88. The zero-order valence-electron chi connectivity index (χ0n) is 18.0. The maximum Gasteiger partial charge on any atom is 0.232 e. The molecule has 1 aliphatic rings. The number of ether oxygens (including phenoxy) is 3. The van der Waals surface area contributed by atoms with Gasteiger partial charge in [0.2, 0.25) is 5.91 Å². The average molecular weight is 444 g/mol. The summed E-state index contributed by atoms with van der Waals surface area (Å²) in [6.45, 7) is 6.00. The number of Topliss-reactive ketones (excluding diaryl/α,β-unsaturated/α-hetero) is 1. The summed E-state index contributed by atoms with van der Waals surface area (Å²) in [4.78, 5) is 25.9. The first-order chi connectivity index (χ1) is 15.0. The zero-order chi connectivity index (χ0) is 22.1. The van der Waals surface area contributed by atoms with Crippen LogP contribution in [0.15, 0.2) is 48.5 Å². The van der Waals surface area contributed by atoms with Gasteiger partial charge in [0.05, 0.1) is 25.5 Å². The maximum atomic E-state index is 12.5. The number of carbonyl (C=O) groups is 2. The van der Waals surface area contributed by atoms with Crippen LogP contribution in [-0.2, 0) is 9.53 Å². The molecule has 0 saturated carbocycles. The number of rotatable bonds is 10. The molecule has 1 unspecified atom stereocenters. The summed E-state index contributed by atoms with van der Waals surface area (Å²) in [5, 5.41) is 0. The standard InChI is InChI=1S/C24H29NO5S/c1-18-14-21(8-9-23(18)19(2)26)30-16-22-15-25(10-11-28-22)24(27)17-31-13-12-29-20-6-4-3-5-7-20/h3-9,14,22H,10-13,15-17H2,1-2H3. The third kappa shape index (κ3) is 7.29. The Labute approximate surface area is 187 Å². The number of hydrogen-bond donors (Lipinski definition) is 0. The number of carbonyl (C=O) groups excluding carboxylic acids is 2. The SMILES string of the molecule is CC(=O)c1ccc(OCC2CN(C(=O)CSCCOc3ccccc3)CCO2)cc1C. The number of amides is 1. The van der Waals surface area contributed by atoms with Crippen LogP contribution in [0.3, 0.4) is 0 Å². The van der Waals surface area contributed by atoms with E-state index in [9.17, 15) is 9.59 Å². The molecule has 0 radical (unpaired) electrons. The second-order valence-electron chi connectivity index (χ2n) is 7.39. The van der Waals surface area contributed by atoms with Crippen LogP contribution in [0.25, 0.3) is 0 Å². The van der Waals surface area contributed by atoms with Gasteiger partial charge in [-0.2, -0.15) is 0 Å². The van der Waals surface area contributed by atoms with Crippen molar-refractivity contribution in [2.24, 2.45) is 0 Å². The lowest BCUT2D eigenvalue weighted by molar-refractivity contribution is -0.137. The van der Waals surface area contributed by atoms with Crippen molar-refractivity contribution in [3.8, 4) is 11.5 Å². The Bertz CT molecular complexity index is 874. The summed E-state index contributed by atoms with van der Waals surface area (Å²) >= 11 is 1.58. The fraction of sp³-hybridized carbons (Fsp3) is 0.417. The zero-order valence-corrected chi connectivity index (χ0v) is 18.9. The topological polar surface area (TPSA) is 65.1 Å².